The Morgan fingerprint density at radius 2 is 1.42 bits per heavy atom. The molecular formula is C17H15NS. The molecule has 0 amide bonds. The number of thiophene rings is 1. The summed E-state index contributed by atoms with van der Waals surface area (Å²) in [6.07, 6.45) is 0. The van der Waals surface area contributed by atoms with Crippen LogP contribution in [0.15, 0.2) is 78.2 Å². The number of para-hydroxylation sites is 1. The molecule has 1 aromatic heterocycles. The van der Waals surface area contributed by atoms with Crippen LogP contribution in [0.4, 0.5) is 10.7 Å². The molecule has 0 radical (unpaired) electrons. The van der Waals surface area contributed by atoms with E-state index in [1.807, 2.05) is 0 Å². The van der Waals surface area contributed by atoms with Gasteiger partial charge < -0.3 is 4.90 Å². The fourth-order valence-electron chi connectivity index (χ4n) is 2.09. The second kappa shape index (κ2) is 5.72. The van der Waals surface area contributed by atoms with Gasteiger partial charge in [0.05, 0.1) is 5.00 Å². The Labute approximate surface area is 117 Å². The second-order valence-electron chi connectivity index (χ2n) is 4.36. The van der Waals surface area contributed by atoms with Gasteiger partial charge in [0.1, 0.15) is 0 Å². The molecular weight excluding hydrogens is 250 g/mol. The van der Waals surface area contributed by atoms with Crippen LogP contribution in [0.1, 0.15) is 5.56 Å². The molecule has 0 spiro atoms. The average Bonchev–Trinajstić information content (AvgIpc) is 3.01. The molecule has 2 heteroatoms. The van der Waals surface area contributed by atoms with Gasteiger partial charge in [-0.2, -0.15) is 0 Å². The molecule has 2 aromatic carbocycles. The highest BCUT2D eigenvalue weighted by molar-refractivity contribution is 7.14. The summed E-state index contributed by atoms with van der Waals surface area (Å²) in [5, 5.41) is 3.39. The van der Waals surface area contributed by atoms with E-state index in [-0.39, 0.29) is 0 Å². The minimum atomic E-state index is 0.894. The van der Waals surface area contributed by atoms with Gasteiger partial charge in [-0.15, -0.1) is 11.3 Å². The van der Waals surface area contributed by atoms with E-state index in [4.69, 9.17) is 0 Å². The Balaban J connectivity index is 1.94. The third kappa shape index (κ3) is 2.85. The molecule has 0 bridgehead atoms. The molecule has 94 valence electrons. The van der Waals surface area contributed by atoms with Crippen molar-refractivity contribution in [1.82, 2.24) is 0 Å². The summed E-state index contributed by atoms with van der Waals surface area (Å²) in [6.45, 7) is 0.894. The average molecular weight is 265 g/mol. The molecule has 1 nitrogen and oxygen atoms in total. The molecule has 1 heterocycles. The number of hydrogen-bond donors (Lipinski definition) is 0. The van der Waals surface area contributed by atoms with E-state index in [1.54, 1.807) is 11.3 Å². The van der Waals surface area contributed by atoms with E-state index < -0.39 is 0 Å². The van der Waals surface area contributed by atoms with Gasteiger partial charge in [-0.1, -0.05) is 48.5 Å². The van der Waals surface area contributed by atoms with Crippen molar-refractivity contribution >= 4 is 22.0 Å². The predicted octanol–water partition coefficient (Wildman–Crippen LogP) is 5.09. The summed E-state index contributed by atoms with van der Waals surface area (Å²) in [5.41, 5.74) is 2.55. The molecule has 0 aliphatic rings. The highest BCUT2D eigenvalue weighted by Gasteiger charge is 2.10. The Kier molecular flexibility index (Phi) is 3.61. The zero-order chi connectivity index (χ0) is 12.9. The quantitative estimate of drug-likeness (QED) is 0.635. The van der Waals surface area contributed by atoms with Crippen molar-refractivity contribution in [2.45, 2.75) is 6.54 Å². The van der Waals surface area contributed by atoms with Gasteiger partial charge in [0.25, 0.3) is 0 Å². The lowest BCUT2D eigenvalue weighted by Gasteiger charge is -2.23. The van der Waals surface area contributed by atoms with Crippen LogP contribution in [0.5, 0.6) is 0 Å². The number of benzene rings is 2. The summed E-state index contributed by atoms with van der Waals surface area (Å²) in [5.74, 6) is 0. The molecule has 3 rings (SSSR count). The lowest BCUT2D eigenvalue weighted by Crippen LogP contribution is -2.14. The normalized spacial score (nSPS) is 10.3. The maximum Gasteiger partial charge on any atom is 0.0956 e. The number of anilines is 2. The van der Waals surface area contributed by atoms with Gasteiger partial charge in [-0.05, 0) is 35.2 Å². The molecule has 0 atom stereocenters. The third-order valence-corrected chi connectivity index (χ3v) is 3.91. The Morgan fingerprint density at radius 1 is 0.737 bits per heavy atom. The van der Waals surface area contributed by atoms with Crippen LogP contribution in [0, 0.1) is 0 Å². The van der Waals surface area contributed by atoms with Gasteiger partial charge in [0.15, 0.2) is 0 Å². The first-order valence-corrected chi connectivity index (χ1v) is 7.21. The monoisotopic (exact) mass is 265 g/mol. The highest BCUT2D eigenvalue weighted by atomic mass is 32.1. The van der Waals surface area contributed by atoms with Crippen molar-refractivity contribution < 1.29 is 0 Å². The summed E-state index contributed by atoms with van der Waals surface area (Å²) < 4.78 is 0. The Morgan fingerprint density at radius 3 is 2.05 bits per heavy atom. The predicted molar refractivity (Wildman–Crippen MR) is 83.0 cm³/mol. The maximum absolute atomic E-state index is 2.35. The van der Waals surface area contributed by atoms with Crippen molar-refractivity contribution in [3.8, 4) is 0 Å². The molecule has 0 aliphatic heterocycles. The van der Waals surface area contributed by atoms with Crippen LogP contribution in [0.2, 0.25) is 0 Å². The fraction of sp³-hybridized carbons (Fsp3) is 0.0588. The molecule has 0 N–H and O–H groups in total. The first-order chi connectivity index (χ1) is 9.43. The summed E-state index contributed by atoms with van der Waals surface area (Å²) in [4.78, 5) is 2.35. The zero-order valence-corrected chi connectivity index (χ0v) is 11.4. The molecule has 0 aliphatic carbocycles. The lowest BCUT2D eigenvalue weighted by atomic mass is 10.2. The molecule has 0 saturated carbocycles. The summed E-state index contributed by atoms with van der Waals surface area (Å²) >= 11 is 1.77. The summed E-state index contributed by atoms with van der Waals surface area (Å²) in [7, 11) is 0. The summed E-state index contributed by atoms with van der Waals surface area (Å²) in [6, 6.07) is 25.4. The van der Waals surface area contributed by atoms with Crippen LogP contribution in [0.25, 0.3) is 0 Å². The molecule has 0 fully saturated rings. The van der Waals surface area contributed by atoms with E-state index in [0.717, 1.165) is 6.54 Å². The number of hydrogen-bond acceptors (Lipinski definition) is 2. The van der Waals surface area contributed by atoms with Crippen molar-refractivity contribution in [1.29, 1.82) is 0 Å². The standard InChI is InChI=1S/C17H15NS/c1-3-8-15(9-4-1)14-18(17-12-7-13-19-17)16-10-5-2-6-11-16/h1-13H,14H2. The minimum Gasteiger partial charge on any atom is -0.329 e. The Bertz CT molecular complexity index is 602. The van der Waals surface area contributed by atoms with E-state index in [0.29, 0.717) is 0 Å². The Hall–Kier alpha value is -2.06. The minimum absolute atomic E-state index is 0.894. The van der Waals surface area contributed by atoms with Crippen molar-refractivity contribution in [2.24, 2.45) is 0 Å². The van der Waals surface area contributed by atoms with Gasteiger partial charge in [-0.3, -0.25) is 0 Å². The fourth-order valence-corrected chi connectivity index (χ4v) is 2.84. The molecule has 3 aromatic rings. The largest absolute Gasteiger partial charge is 0.329 e. The second-order valence-corrected chi connectivity index (χ2v) is 5.28. The van der Waals surface area contributed by atoms with Crippen LogP contribution in [-0.2, 0) is 6.54 Å². The van der Waals surface area contributed by atoms with Gasteiger partial charge in [0, 0.05) is 12.2 Å². The van der Waals surface area contributed by atoms with Gasteiger partial charge in [-0.25, -0.2) is 0 Å². The van der Waals surface area contributed by atoms with Crippen molar-refractivity contribution in [3.05, 3.63) is 83.7 Å². The number of nitrogens with zero attached hydrogens (tertiary/aromatic N) is 1. The van der Waals surface area contributed by atoms with E-state index in [2.05, 4.69) is 83.1 Å². The molecule has 0 unspecified atom stereocenters. The van der Waals surface area contributed by atoms with Gasteiger partial charge in [0.2, 0.25) is 0 Å². The third-order valence-electron chi connectivity index (χ3n) is 3.02. The smallest absolute Gasteiger partial charge is 0.0956 e. The SMILES string of the molecule is c1ccc(CN(c2ccccc2)c2cccs2)cc1. The zero-order valence-electron chi connectivity index (χ0n) is 10.6. The van der Waals surface area contributed by atoms with Crippen LogP contribution < -0.4 is 4.90 Å². The van der Waals surface area contributed by atoms with Crippen LogP contribution >= 0.6 is 11.3 Å². The topological polar surface area (TPSA) is 3.24 Å². The van der Waals surface area contributed by atoms with Gasteiger partial charge >= 0.3 is 0 Å². The maximum atomic E-state index is 2.35. The lowest BCUT2D eigenvalue weighted by molar-refractivity contribution is 0.988. The molecule has 0 saturated heterocycles. The van der Waals surface area contributed by atoms with E-state index in [1.165, 1.54) is 16.3 Å². The van der Waals surface area contributed by atoms with Crippen molar-refractivity contribution in [3.63, 3.8) is 0 Å². The van der Waals surface area contributed by atoms with Crippen molar-refractivity contribution in [2.75, 3.05) is 4.90 Å². The first-order valence-electron chi connectivity index (χ1n) is 6.33. The van der Waals surface area contributed by atoms with E-state index >= 15 is 0 Å². The number of rotatable bonds is 4. The van der Waals surface area contributed by atoms with E-state index in [9.17, 15) is 0 Å². The van der Waals surface area contributed by atoms with Crippen LogP contribution in [0.3, 0.4) is 0 Å². The first kappa shape index (κ1) is 12.0. The molecule has 19 heavy (non-hydrogen) atoms. The highest BCUT2D eigenvalue weighted by Crippen LogP contribution is 2.30. The van der Waals surface area contributed by atoms with Crippen LogP contribution in [-0.4, -0.2) is 0 Å².